The highest BCUT2D eigenvalue weighted by Gasteiger charge is 2.34. The number of hydrogen-bond acceptors (Lipinski definition) is 4. The summed E-state index contributed by atoms with van der Waals surface area (Å²) in [5, 5.41) is 11.4. The van der Waals surface area contributed by atoms with Gasteiger partial charge in [0, 0.05) is 28.8 Å². The summed E-state index contributed by atoms with van der Waals surface area (Å²) in [5.41, 5.74) is 0.396. The first-order chi connectivity index (χ1) is 14.8. The Labute approximate surface area is 179 Å². The van der Waals surface area contributed by atoms with Gasteiger partial charge in [0.15, 0.2) is 0 Å². The van der Waals surface area contributed by atoms with E-state index in [4.69, 9.17) is 11.6 Å². The third kappa shape index (κ3) is 4.06. The summed E-state index contributed by atoms with van der Waals surface area (Å²) in [6.45, 7) is 0. The van der Waals surface area contributed by atoms with E-state index in [0.717, 1.165) is 17.0 Å². The zero-order valence-electron chi connectivity index (χ0n) is 15.6. The minimum Gasteiger partial charge on any atom is -0.266 e. The minimum atomic E-state index is -0.945. The Morgan fingerprint density at radius 1 is 1.03 bits per heavy atom. The first-order valence-electron chi connectivity index (χ1n) is 8.94. The normalized spacial score (nSPS) is 14.8. The van der Waals surface area contributed by atoms with Crippen molar-refractivity contribution in [1.82, 2.24) is 0 Å². The third-order valence-electron chi connectivity index (χ3n) is 4.48. The van der Waals surface area contributed by atoms with Crippen LogP contribution in [-0.2, 0) is 4.79 Å². The molecule has 0 aliphatic carbocycles. The molecule has 3 aromatic carbocycles. The number of amides is 1. The molecule has 1 heterocycles. The van der Waals surface area contributed by atoms with Gasteiger partial charge in [0.05, 0.1) is 10.6 Å². The van der Waals surface area contributed by atoms with Crippen molar-refractivity contribution in [1.29, 1.82) is 0 Å². The number of carbonyl (C=O) groups excluding carboxylic acids is 1. The van der Waals surface area contributed by atoms with Gasteiger partial charge < -0.3 is 0 Å². The quantitative estimate of drug-likeness (QED) is 0.312. The smallest absolute Gasteiger partial charge is 0.266 e. The van der Waals surface area contributed by atoms with Crippen molar-refractivity contribution in [3.63, 3.8) is 0 Å². The molecule has 0 aromatic heterocycles. The maximum absolute atomic E-state index is 14.5. The Bertz CT molecular complexity index is 1290. The van der Waals surface area contributed by atoms with Gasteiger partial charge in [-0.2, -0.15) is 0 Å². The van der Waals surface area contributed by atoms with Crippen molar-refractivity contribution < 1.29 is 18.5 Å². The summed E-state index contributed by atoms with van der Waals surface area (Å²) in [6, 6.07) is 15.0. The number of rotatable bonds is 4. The maximum Gasteiger partial charge on any atom is 0.282 e. The second-order valence-corrected chi connectivity index (χ2v) is 7.00. The molecule has 0 saturated heterocycles. The van der Waals surface area contributed by atoms with E-state index >= 15 is 0 Å². The molecule has 3 aromatic rings. The van der Waals surface area contributed by atoms with Crippen molar-refractivity contribution in [2.75, 3.05) is 4.90 Å². The summed E-state index contributed by atoms with van der Waals surface area (Å²) < 4.78 is 27.9. The van der Waals surface area contributed by atoms with Gasteiger partial charge >= 0.3 is 0 Å². The molecule has 6 nitrogen and oxygen atoms in total. The molecule has 154 valence electrons. The fourth-order valence-electron chi connectivity index (χ4n) is 3.11. The topological polar surface area (TPSA) is 75.8 Å². The van der Waals surface area contributed by atoms with E-state index in [1.807, 2.05) is 0 Å². The predicted molar refractivity (Wildman–Crippen MR) is 113 cm³/mol. The Morgan fingerprint density at radius 3 is 2.52 bits per heavy atom. The second-order valence-electron chi connectivity index (χ2n) is 6.56. The first-order valence-corrected chi connectivity index (χ1v) is 9.31. The van der Waals surface area contributed by atoms with Crippen LogP contribution in [0.15, 0.2) is 77.4 Å². The lowest BCUT2D eigenvalue weighted by Gasteiger charge is -2.19. The molecule has 0 spiro atoms. The van der Waals surface area contributed by atoms with Gasteiger partial charge in [-0.25, -0.2) is 13.8 Å². The van der Waals surface area contributed by atoms with Crippen LogP contribution >= 0.6 is 11.6 Å². The molecule has 0 unspecified atom stereocenters. The predicted octanol–water partition coefficient (Wildman–Crippen LogP) is 5.36. The summed E-state index contributed by atoms with van der Waals surface area (Å²) >= 11 is 6.06. The number of benzene rings is 3. The second kappa shape index (κ2) is 8.08. The molecule has 1 amide bonds. The molecule has 0 radical (unpaired) electrons. The maximum atomic E-state index is 14.5. The SMILES string of the molecule is O=C1C(=Cc2cccc([N+](=O)[O-])c2)N=C(c2cccc(Cl)c2)N1c1ccc(F)cc1F. The summed E-state index contributed by atoms with van der Waals surface area (Å²) in [5.74, 6) is -2.32. The zero-order valence-corrected chi connectivity index (χ0v) is 16.4. The van der Waals surface area contributed by atoms with E-state index in [2.05, 4.69) is 4.99 Å². The molecule has 9 heteroatoms. The van der Waals surface area contributed by atoms with E-state index in [1.54, 1.807) is 30.3 Å². The molecule has 1 aliphatic heterocycles. The van der Waals surface area contributed by atoms with E-state index in [9.17, 15) is 23.7 Å². The number of hydrogen-bond donors (Lipinski definition) is 0. The van der Waals surface area contributed by atoms with Gasteiger partial charge in [-0.05, 0) is 35.9 Å². The minimum absolute atomic E-state index is 0.0702. The molecular formula is C22H12ClF2N3O3. The van der Waals surface area contributed by atoms with Crippen LogP contribution in [0, 0.1) is 21.7 Å². The number of amidine groups is 1. The summed E-state index contributed by atoms with van der Waals surface area (Å²) in [6.07, 6.45) is 1.36. The third-order valence-corrected chi connectivity index (χ3v) is 4.71. The number of aliphatic imine (C=N–C) groups is 1. The number of anilines is 1. The Kier molecular flexibility index (Phi) is 5.31. The molecule has 0 fully saturated rings. The van der Waals surface area contributed by atoms with Crippen molar-refractivity contribution in [3.05, 3.63) is 110 Å². The highest BCUT2D eigenvalue weighted by Crippen LogP contribution is 2.31. The van der Waals surface area contributed by atoms with Crippen LogP contribution in [-0.4, -0.2) is 16.7 Å². The number of nitro groups is 1. The molecule has 4 rings (SSSR count). The molecule has 1 aliphatic rings. The fraction of sp³-hybridized carbons (Fsp3) is 0. The van der Waals surface area contributed by atoms with Gasteiger partial charge in [0.25, 0.3) is 11.6 Å². The van der Waals surface area contributed by atoms with E-state index < -0.39 is 22.5 Å². The zero-order chi connectivity index (χ0) is 22.1. The van der Waals surface area contributed by atoms with Crippen molar-refractivity contribution >= 4 is 40.8 Å². The molecular weight excluding hydrogens is 428 g/mol. The van der Waals surface area contributed by atoms with Crippen LogP contribution in [0.2, 0.25) is 5.02 Å². The first kappa shape index (κ1) is 20.4. The van der Waals surface area contributed by atoms with Crippen LogP contribution in [0.4, 0.5) is 20.2 Å². The van der Waals surface area contributed by atoms with E-state index in [0.29, 0.717) is 22.2 Å². The van der Waals surface area contributed by atoms with Crippen LogP contribution in [0.25, 0.3) is 6.08 Å². The van der Waals surface area contributed by atoms with Crippen LogP contribution in [0.3, 0.4) is 0 Å². The van der Waals surface area contributed by atoms with Crippen LogP contribution in [0.1, 0.15) is 11.1 Å². The standard InChI is InChI=1S/C22H12ClF2N3O3/c23-15-5-2-4-14(11-15)21-26-19(10-13-3-1-6-17(9-13)28(30)31)22(29)27(21)20-8-7-16(24)12-18(20)25/h1-12H. The molecule has 0 atom stereocenters. The Hall–Kier alpha value is -3.91. The lowest BCUT2D eigenvalue weighted by molar-refractivity contribution is -0.384. The van der Waals surface area contributed by atoms with Crippen LogP contribution in [0.5, 0.6) is 0 Å². The highest BCUT2D eigenvalue weighted by molar-refractivity contribution is 6.35. The number of carbonyl (C=O) groups is 1. The van der Waals surface area contributed by atoms with E-state index in [-0.39, 0.29) is 22.9 Å². The highest BCUT2D eigenvalue weighted by atomic mass is 35.5. The van der Waals surface area contributed by atoms with Crippen LogP contribution < -0.4 is 4.90 Å². The molecule has 0 bridgehead atoms. The lowest BCUT2D eigenvalue weighted by atomic mass is 10.1. The number of nitro benzene ring substituents is 1. The van der Waals surface area contributed by atoms with Crippen molar-refractivity contribution in [2.45, 2.75) is 0 Å². The van der Waals surface area contributed by atoms with Gasteiger partial charge in [-0.15, -0.1) is 0 Å². The van der Waals surface area contributed by atoms with E-state index in [1.165, 1.54) is 24.3 Å². The molecule has 0 N–H and O–H groups in total. The van der Waals surface area contributed by atoms with Crippen molar-refractivity contribution in [2.24, 2.45) is 4.99 Å². The molecule has 31 heavy (non-hydrogen) atoms. The Balaban J connectivity index is 1.86. The average molecular weight is 440 g/mol. The number of non-ortho nitro benzene ring substituents is 1. The molecule has 0 saturated carbocycles. The summed E-state index contributed by atoms with van der Waals surface area (Å²) in [7, 11) is 0. The average Bonchev–Trinajstić information content (AvgIpc) is 3.04. The number of nitrogens with zero attached hydrogens (tertiary/aromatic N) is 3. The van der Waals surface area contributed by atoms with Crippen molar-refractivity contribution in [3.8, 4) is 0 Å². The largest absolute Gasteiger partial charge is 0.282 e. The van der Waals surface area contributed by atoms with Gasteiger partial charge in [0.2, 0.25) is 0 Å². The fourth-order valence-corrected chi connectivity index (χ4v) is 3.30. The lowest BCUT2D eigenvalue weighted by Crippen LogP contribution is -2.33. The van der Waals surface area contributed by atoms with Gasteiger partial charge in [-0.1, -0.05) is 35.9 Å². The van der Waals surface area contributed by atoms with Gasteiger partial charge in [0.1, 0.15) is 23.2 Å². The number of halogens is 3. The Morgan fingerprint density at radius 2 is 1.81 bits per heavy atom. The summed E-state index contributed by atoms with van der Waals surface area (Å²) in [4.78, 5) is 29.0. The monoisotopic (exact) mass is 439 g/mol. The van der Waals surface area contributed by atoms with Gasteiger partial charge in [-0.3, -0.25) is 19.8 Å².